The molecule has 0 radical (unpaired) electrons. The molecule has 1 aliphatic rings. The number of rotatable bonds is 1. The summed E-state index contributed by atoms with van der Waals surface area (Å²) < 4.78 is 5.08. The Hall–Kier alpha value is -1.82. The minimum atomic E-state index is -0.601. The van der Waals surface area contributed by atoms with Crippen molar-refractivity contribution in [1.29, 1.82) is 0 Å². The molecule has 1 atom stereocenters. The Kier molecular flexibility index (Phi) is 1.78. The minimum absolute atomic E-state index is 0.167. The zero-order chi connectivity index (χ0) is 10.3. The van der Waals surface area contributed by atoms with Crippen molar-refractivity contribution in [2.24, 2.45) is 5.73 Å². The summed E-state index contributed by atoms with van der Waals surface area (Å²) in [7, 11) is 0. The number of nitro groups is 1. The Bertz CT molecular complexity index is 405. The van der Waals surface area contributed by atoms with E-state index in [9.17, 15) is 15.2 Å². The van der Waals surface area contributed by atoms with E-state index in [0.717, 1.165) is 6.07 Å². The van der Waals surface area contributed by atoms with Gasteiger partial charge in [0.25, 0.3) is 0 Å². The van der Waals surface area contributed by atoms with Gasteiger partial charge in [-0.3, -0.25) is 10.1 Å². The van der Waals surface area contributed by atoms with Gasteiger partial charge in [-0.25, -0.2) is 0 Å². The molecular weight excluding hydrogens is 188 g/mol. The van der Waals surface area contributed by atoms with Crippen LogP contribution in [0.2, 0.25) is 0 Å². The molecule has 1 unspecified atom stereocenters. The molecule has 0 amide bonds. The van der Waals surface area contributed by atoms with Gasteiger partial charge in [0.2, 0.25) is 5.75 Å². The van der Waals surface area contributed by atoms with Crippen LogP contribution < -0.4 is 10.5 Å². The van der Waals surface area contributed by atoms with Gasteiger partial charge in [0.15, 0.2) is 0 Å². The first-order chi connectivity index (χ1) is 6.59. The summed E-state index contributed by atoms with van der Waals surface area (Å²) in [5.41, 5.74) is 5.87. The van der Waals surface area contributed by atoms with E-state index in [-0.39, 0.29) is 23.8 Å². The van der Waals surface area contributed by atoms with Crippen molar-refractivity contribution in [3.8, 4) is 11.5 Å². The lowest BCUT2D eigenvalue weighted by Gasteiger charge is -2.02. The Balaban J connectivity index is 2.63. The molecule has 1 aliphatic heterocycles. The summed E-state index contributed by atoms with van der Waals surface area (Å²) in [6, 6.07) is 2.03. The van der Waals surface area contributed by atoms with Crippen LogP contribution in [-0.2, 0) is 0 Å². The van der Waals surface area contributed by atoms with Gasteiger partial charge >= 0.3 is 5.69 Å². The van der Waals surface area contributed by atoms with E-state index < -0.39 is 11.0 Å². The second kappa shape index (κ2) is 2.85. The highest BCUT2D eigenvalue weighted by molar-refractivity contribution is 5.58. The third-order valence-corrected chi connectivity index (χ3v) is 2.09. The SMILES string of the molecule is NC1COc2c1cc(O)cc2[N+](=O)[O-]. The fourth-order valence-electron chi connectivity index (χ4n) is 1.45. The van der Waals surface area contributed by atoms with Gasteiger partial charge in [-0.2, -0.15) is 0 Å². The van der Waals surface area contributed by atoms with Gasteiger partial charge in [0.1, 0.15) is 12.4 Å². The normalized spacial score (nSPS) is 18.8. The number of hydrogen-bond donors (Lipinski definition) is 2. The maximum Gasteiger partial charge on any atom is 0.314 e. The van der Waals surface area contributed by atoms with Crippen LogP contribution in [-0.4, -0.2) is 16.6 Å². The number of ether oxygens (including phenoxy) is 1. The van der Waals surface area contributed by atoms with Crippen LogP contribution in [0.4, 0.5) is 5.69 Å². The molecule has 0 aromatic heterocycles. The first kappa shape index (κ1) is 8.76. The second-order valence-electron chi connectivity index (χ2n) is 3.06. The molecule has 3 N–H and O–H groups in total. The molecule has 6 heteroatoms. The zero-order valence-corrected chi connectivity index (χ0v) is 7.14. The van der Waals surface area contributed by atoms with Crippen LogP contribution in [0.1, 0.15) is 11.6 Å². The van der Waals surface area contributed by atoms with Crippen LogP contribution >= 0.6 is 0 Å². The Morgan fingerprint density at radius 1 is 1.64 bits per heavy atom. The average molecular weight is 196 g/mol. The second-order valence-corrected chi connectivity index (χ2v) is 3.06. The molecule has 0 fully saturated rings. The molecule has 1 aromatic rings. The highest BCUT2D eigenvalue weighted by Gasteiger charge is 2.30. The molecule has 6 nitrogen and oxygen atoms in total. The third kappa shape index (κ3) is 1.16. The fraction of sp³-hybridized carbons (Fsp3) is 0.250. The van der Waals surface area contributed by atoms with E-state index in [1.54, 1.807) is 0 Å². The molecule has 0 saturated carbocycles. The quantitative estimate of drug-likeness (QED) is 0.508. The number of benzene rings is 1. The average Bonchev–Trinajstić information content (AvgIpc) is 2.47. The summed E-state index contributed by atoms with van der Waals surface area (Å²) in [5.74, 6) is -0.00306. The molecular formula is C8H8N2O4. The number of phenols is 1. The van der Waals surface area contributed by atoms with Crippen molar-refractivity contribution >= 4 is 5.69 Å². The number of nitrogens with two attached hydrogens (primary N) is 1. The Labute approximate surface area is 79.1 Å². The summed E-state index contributed by atoms with van der Waals surface area (Å²) >= 11 is 0. The smallest absolute Gasteiger partial charge is 0.314 e. The summed E-state index contributed by atoms with van der Waals surface area (Å²) in [6.45, 7) is 0.208. The molecule has 0 aliphatic carbocycles. The van der Waals surface area contributed by atoms with Gasteiger partial charge < -0.3 is 15.6 Å². The minimum Gasteiger partial charge on any atom is -0.508 e. The van der Waals surface area contributed by atoms with Crippen LogP contribution in [0, 0.1) is 10.1 Å². The van der Waals surface area contributed by atoms with Crippen molar-refractivity contribution < 1.29 is 14.8 Å². The number of phenolic OH excluding ortho intramolecular Hbond substituents is 1. The summed E-state index contributed by atoms with van der Waals surface area (Å²) in [6.07, 6.45) is 0. The standard InChI is InChI=1S/C8H8N2O4/c9-6-3-14-8-5(6)1-4(11)2-7(8)10(12)13/h1-2,6,11H,3,9H2. The van der Waals surface area contributed by atoms with E-state index in [0.29, 0.717) is 5.56 Å². The number of hydrogen-bond acceptors (Lipinski definition) is 5. The van der Waals surface area contributed by atoms with Crippen molar-refractivity contribution in [3.05, 3.63) is 27.8 Å². The largest absolute Gasteiger partial charge is 0.508 e. The molecule has 74 valence electrons. The maximum atomic E-state index is 10.6. The summed E-state index contributed by atoms with van der Waals surface area (Å²) in [5, 5.41) is 19.8. The van der Waals surface area contributed by atoms with Crippen LogP contribution in [0.3, 0.4) is 0 Å². The summed E-state index contributed by atoms with van der Waals surface area (Å²) in [4.78, 5) is 9.99. The predicted molar refractivity (Wildman–Crippen MR) is 47.2 cm³/mol. The third-order valence-electron chi connectivity index (χ3n) is 2.09. The lowest BCUT2D eigenvalue weighted by atomic mass is 10.1. The first-order valence-electron chi connectivity index (χ1n) is 3.99. The van der Waals surface area contributed by atoms with Gasteiger partial charge in [0.05, 0.1) is 17.0 Å². The molecule has 1 aromatic carbocycles. The number of fused-ring (bicyclic) bond motifs is 1. The highest BCUT2D eigenvalue weighted by Crippen LogP contribution is 2.41. The molecule has 1 heterocycles. The lowest BCUT2D eigenvalue weighted by molar-refractivity contribution is -0.385. The van der Waals surface area contributed by atoms with Gasteiger partial charge in [-0.1, -0.05) is 0 Å². The van der Waals surface area contributed by atoms with Crippen LogP contribution in [0.25, 0.3) is 0 Å². The van der Waals surface area contributed by atoms with Gasteiger partial charge in [-0.05, 0) is 6.07 Å². The van der Waals surface area contributed by atoms with E-state index >= 15 is 0 Å². The maximum absolute atomic E-state index is 10.6. The zero-order valence-electron chi connectivity index (χ0n) is 7.14. The lowest BCUT2D eigenvalue weighted by Crippen LogP contribution is -2.10. The molecule has 0 spiro atoms. The Morgan fingerprint density at radius 3 is 3.00 bits per heavy atom. The van der Waals surface area contributed by atoms with Crippen molar-refractivity contribution in [2.75, 3.05) is 6.61 Å². The number of nitro benzene ring substituents is 1. The van der Waals surface area contributed by atoms with Crippen LogP contribution in [0.5, 0.6) is 11.5 Å². The van der Waals surface area contributed by atoms with Gasteiger partial charge in [0, 0.05) is 5.56 Å². The van der Waals surface area contributed by atoms with Gasteiger partial charge in [-0.15, -0.1) is 0 Å². The van der Waals surface area contributed by atoms with Crippen molar-refractivity contribution in [3.63, 3.8) is 0 Å². The predicted octanol–water partition coefficient (Wildman–Crippen LogP) is 0.693. The number of nitrogens with zero attached hydrogens (tertiary/aromatic N) is 1. The highest BCUT2D eigenvalue weighted by atomic mass is 16.6. The molecule has 2 rings (SSSR count). The van der Waals surface area contributed by atoms with Crippen molar-refractivity contribution in [2.45, 2.75) is 6.04 Å². The molecule has 14 heavy (non-hydrogen) atoms. The van der Waals surface area contributed by atoms with E-state index in [1.807, 2.05) is 0 Å². The monoisotopic (exact) mass is 196 g/mol. The van der Waals surface area contributed by atoms with E-state index in [2.05, 4.69) is 0 Å². The molecule has 0 saturated heterocycles. The number of aromatic hydroxyl groups is 1. The molecule has 0 bridgehead atoms. The van der Waals surface area contributed by atoms with Crippen molar-refractivity contribution in [1.82, 2.24) is 0 Å². The first-order valence-corrected chi connectivity index (χ1v) is 3.99. The van der Waals surface area contributed by atoms with Crippen LogP contribution in [0.15, 0.2) is 12.1 Å². The van der Waals surface area contributed by atoms with E-state index in [1.165, 1.54) is 6.07 Å². The fourth-order valence-corrected chi connectivity index (χ4v) is 1.45. The topological polar surface area (TPSA) is 98.6 Å². The Morgan fingerprint density at radius 2 is 2.36 bits per heavy atom. The van der Waals surface area contributed by atoms with E-state index in [4.69, 9.17) is 10.5 Å².